The molecule has 2 N–H and O–H groups in total. The second kappa shape index (κ2) is 13.6. The number of carbonyl (C=O) groups is 2. The predicted molar refractivity (Wildman–Crippen MR) is 190 cm³/mol. The van der Waals surface area contributed by atoms with E-state index in [2.05, 4.69) is 29.7 Å². The van der Waals surface area contributed by atoms with Crippen LogP contribution >= 0.6 is 0 Å². The summed E-state index contributed by atoms with van der Waals surface area (Å²) in [4.78, 5) is 41.2. The number of rotatable bonds is 9. The number of benzene rings is 1. The van der Waals surface area contributed by atoms with Crippen LogP contribution in [-0.2, 0) is 15.7 Å². The highest BCUT2D eigenvalue weighted by Crippen LogP contribution is 2.51. The van der Waals surface area contributed by atoms with Gasteiger partial charge in [0.2, 0.25) is 5.95 Å². The summed E-state index contributed by atoms with van der Waals surface area (Å²) in [7, 11) is 1.67. The van der Waals surface area contributed by atoms with E-state index in [1.165, 1.54) is 6.07 Å². The van der Waals surface area contributed by atoms with Gasteiger partial charge in [0.1, 0.15) is 17.4 Å². The van der Waals surface area contributed by atoms with Gasteiger partial charge in [0.05, 0.1) is 22.9 Å². The van der Waals surface area contributed by atoms with Crippen molar-refractivity contribution in [2.75, 3.05) is 25.1 Å². The fourth-order valence-electron chi connectivity index (χ4n) is 9.27. The minimum absolute atomic E-state index is 0.0287. The number of hydrogen-bond acceptors (Lipinski definition) is 8. The average Bonchev–Trinajstić information content (AvgIpc) is 3.61. The first-order chi connectivity index (χ1) is 25.4. The molecule has 3 saturated carbocycles. The monoisotopic (exact) mass is 732 g/mol. The molecular formula is C39H43F3N6O5. The number of aliphatic carboxylic acids is 1. The molecule has 4 aromatic rings. The molecule has 4 heterocycles. The van der Waals surface area contributed by atoms with Crippen molar-refractivity contribution >= 4 is 28.7 Å². The van der Waals surface area contributed by atoms with Gasteiger partial charge in [-0.25, -0.2) is 19.7 Å². The summed E-state index contributed by atoms with van der Waals surface area (Å²) >= 11 is 0. The molecule has 280 valence electrons. The van der Waals surface area contributed by atoms with Crippen LogP contribution in [0.25, 0.3) is 22.2 Å². The second-order valence-corrected chi connectivity index (χ2v) is 15.4. The van der Waals surface area contributed by atoms with Crippen LogP contribution in [-0.4, -0.2) is 74.4 Å². The normalized spacial score (nSPS) is 27.4. The Bertz CT molecular complexity index is 2010. The molecule has 2 bridgehead atoms. The number of amides is 1. The minimum Gasteiger partial charge on any atom is -0.490 e. The third-order valence-electron chi connectivity index (χ3n) is 11.9. The van der Waals surface area contributed by atoms with Crippen molar-refractivity contribution in [2.45, 2.75) is 88.3 Å². The number of carboxylic acids is 1. The van der Waals surface area contributed by atoms with E-state index in [1.807, 2.05) is 31.3 Å². The quantitative estimate of drug-likeness (QED) is 0.188. The molecule has 3 aliphatic carbocycles. The minimum atomic E-state index is -4.97. The molecule has 1 amide bonds. The van der Waals surface area contributed by atoms with Gasteiger partial charge in [-0.1, -0.05) is 6.92 Å². The van der Waals surface area contributed by atoms with Gasteiger partial charge in [-0.3, -0.25) is 4.79 Å². The smallest absolute Gasteiger partial charge is 0.434 e. The van der Waals surface area contributed by atoms with Crippen molar-refractivity contribution in [3.63, 3.8) is 0 Å². The summed E-state index contributed by atoms with van der Waals surface area (Å²) in [6, 6.07) is 10.0. The molecule has 4 aliphatic rings. The number of carbonyl (C=O) groups excluding carboxylic acids is 1. The number of anilines is 1. The topological polar surface area (TPSA) is 132 Å². The van der Waals surface area contributed by atoms with Gasteiger partial charge >= 0.3 is 12.1 Å². The van der Waals surface area contributed by atoms with Gasteiger partial charge in [0.25, 0.3) is 5.91 Å². The van der Waals surface area contributed by atoms with E-state index in [1.54, 1.807) is 25.6 Å². The highest BCUT2D eigenvalue weighted by atomic mass is 19.4. The summed E-state index contributed by atoms with van der Waals surface area (Å²) in [5.74, 6) is -0.898. The first-order valence-electron chi connectivity index (χ1n) is 18.4. The zero-order valence-corrected chi connectivity index (χ0v) is 29.7. The zero-order chi connectivity index (χ0) is 37.1. The number of hydrogen-bond donors (Lipinski definition) is 2. The van der Waals surface area contributed by atoms with Crippen molar-refractivity contribution < 1.29 is 37.3 Å². The van der Waals surface area contributed by atoms with Crippen LogP contribution in [0.1, 0.15) is 80.4 Å². The van der Waals surface area contributed by atoms with Crippen molar-refractivity contribution in [1.82, 2.24) is 24.8 Å². The zero-order valence-electron chi connectivity index (χ0n) is 29.7. The highest BCUT2D eigenvalue weighted by Gasteiger charge is 2.56. The van der Waals surface area contributed by atoms with Crippen molar-refractivity contribution in [2.24, 2.45) is 17.8 Å². The molecule has 1 saturated heterocycles. The lowest BCUT2D eigenvalue weighted by Crippen LogP contribution is -2.57. The summed E-state index contributed by atoms with van der Waals surface area (Å²) in [6.45, 7) is 3.54. The molecule has 14 heteroatoms. The maximum atomic E-state index is 14.7. The van der Waals surface area contributed by atoms with Gasteiger partial charge in [-0.2, -0.15) is 13.2 Å². The van der Waals surface area contributed by atoms with E-state index < -0.39 is 34.8 Å². The van der Waals surface area contributed by atoms with E-state index in [0.29, 0.717) is 35.5 Å². The number of nitrogens with zero attached hydrogens (tertiary/aromatic N) is 5. The first-order valence-corrected chi connectivity index (χ1v) is 18.4. The number of alkyl halides is 3. The third-order valence-corrected chi connectivity index (χ3v) is 11.9. The molecule has 4 atom stereocenters. The predicted octanol–water partition coefficient (Wildman–Crippen LogP) is 6.92. The third kappa shape index (κ3) is 6.59. The number of pyridine rings is 1. The average molecular weight is 733 g/mol. The maximum absolute atomic E-state index is 14.7. The van der Waals surface area contributed by atoms with Crippen LogP contribution in [0, 0.1) is 17.8 Å². The molecule has 0 radical (unpaired) electrons. The van der Waals surface area contributed by atoms with E-state index >= 15 is 0 Å². The SMILES string of the molecule is COC1CC(n2cc(-c3ccc(C(=O)NC4(C(=O)O)CC5CC(C)CC4C5)c(C(F)(F)F)n3)c3ccc(OC4CCN(c5ncccn5)CC4)cc32)C1. The van der Waals surface area contributed by atoms with Gasteiger partial charge in [0.15, 0.2) is 5.69 Å². The lowest BCUT2D eigenvalue weighted by Gasteiger charge is -2.35. The molecule has 4 unspecified atom stereocenters. The van der Waals surface area contributed by atoms with Gasteiger partial charge in [0, 0.05) is 74.7 Å². The fourth-order valence-corrected chi connectivity index (χ4v) is 9.27. The van der Waals surface area contributed by atoms with E-state index in [0.717, 1.165) is 56.8 Å². The molecular weight excluding hydrogens is 689 g/mol. The lowest BCUT2D eigenvalue weighted by atomic mass is 9.78. The number of nitrogens with one attached hydrogen (secondary N) is 1. The number of carboxylic acid groups (broad SMARTS) is 1. The molecule has 8 rings (SSSR count). The Morgan fingerprint density at radius 3 is 2.45 bits per heavy atom. The number of fused-ring (bicyclic) bond motifs is 3. The molecule has 11 nitrogen and oxygen atoms in total. The lowest BCUT2D eigenvalue weighted by molar-refractivity contribution is -0.146. The number of ether oxygens (including phenoxy) is 2. The van der Waals surface area contributed by atoms with Gasteiger partial charge in [-0.05, 0) is 86.6 Å². The Hall–Kier alpha value is -4.72. The fraction of sp³-hybridized carbons (Fsp3) is 0.513. The van der Waals surface area contributed by atoms with Crippen LogP contribution in [0.15, 0.2) is 55.0 Å². The molecule has 1 aromatic carbocycles. The number of halogens is 3. The summed E-state index contributed by atoms with van der Waals surface area (Å²) < 4.78 is 58.2. The van der Waals surface area contributed by atoms with Crippen LogP contribution in [0.3, 0.4) is 0 Å². The van der Waals surface area contributed by atoms with Crippen molar-refractivity contribution in [1.29, 1.82) is 0 Å². The molecule has 3 aromatic heterocycles. The van der Waals surface area contributed by atoms with Crippen LogP contribution in [0.4, 0.5) is 19.1 Å². The molecule has 53 heavy (non-hydrogen) atoms. The second-order valence-electron chi connectivity index (χ2n) is 15.4. The summed E-state index contributed by atoms with van der Waals surface area (Å²) in [6.07, 6.45) is 5.67. The maximum Gasteiger partial charge on any atom is 0.434 e. The Morgan fingerprint density at radius 1 is 1.00 bits per heavy atom. The van der Waals surface area contributed by atoms with Crippen molar-refractivity contribution in [3.05, 3.63) is 66.2 Å². The number of methoxy groups -OCH3 is 1. The van der Waals surface area contributed by atoms with Crippen LogP contribution in [0.2, 0.25) is 0 Å². The largest absolute Gasteiger partial charge is 0.490 e. The molecule has 0 spiro atoms. The summed E-state index contributed by atoms with van der Waals surface area (Å²) in [5.41, 5.74) is -2.31. The van der Waals surface area contributed by atoms with Crippen LogP contribution < -0.4 is 15.0 Å². The standard InChI is InChI=1S/C39H43F3N6O5/c1-22-14-23-16-24(15-22)38(20-23,36(50)51)46-35(49)30-6-7-32(45-34(30)39(40,41)42)31-21-48(25-17-28(18-25)52-2)33-19-27(4-5-29(31)33)53-26-8-12-47(13-9-26)37-43-10-3-11-44-37/h3-7,10-11,19,21-26,28H,8-9,12-18,20H2,1-2H3,(H,46,49)(H,50,51). The Balaban J connectivity index is 1.09. The molecule has 1 aliphatic heterocycles. The van der Waals surface area contributed by atoms with Gasteiger partial charge in [-0.15, -0.1) is 0 Å². The number of piperidine rings is 1. The first kappa shape index (κ1) is 35.3. The van der Waals surface area contributed by atoms with Crippen molar-refractivity contribution in [3.8, 4) is 17.0 Å². The number of aromatic nitrogens is 4. The van der Waals surface area contributed by atoms with E-state index in [4.69, 9.17) is 9.47 Å². The Labute approximate surface area is 304 Å². The van der Waals surface area contributed by atoms with Crippen LogP contribution in [0.5, 0.6) is 5.75 Å². The highest BCUT2D eigenvalue weighted by molar-refractivity contribution is 6.00. The summed E-state index contributed by atoms with van der Waals surface area (Å²) in [5, 5.41) is 13.6. The Morgan fingerprint density at radius 2 is 1.75 bits per heavy atom. The van der Waals surface area contributed by atoms with E-state index in [9.17, 15) is 27.9 Å². The molecule has 4 fully saturated rings. The van der Waals surface area contributed by atoms with Gasteiger partial charge < -0.3 is 29.4 Å². The Kier molecular flexibility index (Phi) is 9.06. The van der Waals surface area contributed by atoms with E-state index in [-0.39, 0.29) is 48.1 Å².